The van der Waals surface area contributed by atoms with Crippen molar-refractivity contribution in [3.8, 4) is 11.5 Å². The molecule has 0 aliphatic carbocycles. The minimum atomic E-state index is -1.35. The van der Waals surface area contributed by atoms with Gasteiger partial charge in [0, 0.05) is 0 Å². The largest absolute Gasteiger partial charge is 0.511 e. The van der Waals surface area contributed by atoms with E-state index in [1.165, 1.54) is 13.2 Å². The molecule has 0 fully saturated rings. The highest BCUT2D eigenvalue weighted by atomic mass is 35.6. The minimum Gasteiger partial charge on any atom is -0.493 e. The summed E-state index contributed by atoms with van der Waals surface area (Å²) in [6.07, 6.45) is -1.35. The van der Waals surface area contributed by atoms with Crippen LogP contribution in [0.4, 0.5) is 4.79 Å². The molecule has 0 atom stereocenters. The maximum Gasteiger partial charge on any atom is 0.511 e. The predicted octanol–water partition coefficient (Wildman–Crippen LogP) is 3.74. The number of carbonyl (C=O) groups is 1. The molecule has 0 radical (unpaired) electrons. The van der Waals surface area contributed by atoms with Crippen LogP contribution in [0.3, 0.4) is 0 Å². The van der Waals surface area contributed by atoms with Crippen LogP contribution < -0.4 is 9.47 Å². The van der Waals surface area contributed by atoms with E-state index in [1.807, 2.05) is 0 Å². The van der Waals surface area contributed by atoms with E-state index in [4.69, 9.17) is 44.6 Å². The Morgan fingerprint density at radius 1 is 1.25 bits per heavy atom. The Balaban J connectivity index is 0.000000487. The van der Waals surface area contributed by atoms with E-state index in [0.29, 0.717) is 5.75 Å². The Hall–Kier alpha value is -0.840. The fourth-order valence-corrected chi connectivity index (χ4v) is 0.797. The summed E-state index contributed by atoms with van der Waals surface area (Å²) in [5.74, 6) is 0.604. The summed E-state index contributed by atoms with van der Waals surface area (Å²) in [5, 5.41) is 8.31. The van der Waals surface area contributed by atoms with Crippen LogP contribution in [-0.2, 0) is 0 Å². The average molecular weight is 288 g/mol. The monoisotopic (exact) mass is 286 g/mol. The van der Waals surface area contributed by atoms with Gasteiger partial charge < -0.3 is 14.6 Å². The summed E-state index contributed by atoms with van der Waals surface area (Å²) in [5.41, 5.74) is 0. The van der Waals surface area contributed by atoms with E-state index in [-0.39, 0.29) is 5.75 Å². The van der Waals surface area contributed by atoms with Crippen LogP contribution in [0.2, 0.25) is 0 Å². The molecule has 0 bridgehead atoms. The molecule has 0 spiro atoms. The van der Waals surface area contributed by atoms with Crippen LogP contribution in [0.1, 0.15) is 0 Å². The fourth-order valence-electron chi connectivity index (χ4n) is 0.797. The van der Waals surface area contributed by atoms with E-state index in [9.17, 15) is 4.79 Å². The molecule has 0 aliphatic heterocycles. The normalized spacial score (nSPS) is 9.06. The lowest BCUT2D eigenvalue weighted by Gasteiger charge is -2.04. The van der Waals surface area contributed by atoms with Gasteiger partial charge in [-0.15, -0.1) is 0 Å². The van der Waals surface area contributed by atoms with Crippen LogP contribution in [0, 0.1) is 0 Å². The minimum absolute atomic E-state index is 0.201. The van der Waals surface area contributed by atoms with Crippen molar-refractivity contribution in [2.75, 3.05) is 7.11 Å². The van der Waals surface area contributed by atoms with Crippen LogP contribution >= 0.6 is 34.8 Å². The molecule has 1 rings (SSSR count). The zero-order valence-electron chi connectivity index (χ0n) is 8.19. The third-order valence-electron chi connectivity index (χ3n) is 1.27. The highest BCUT2D eigenvalue weighted by Crippen LogP contribution is 2.25. The van der Waals surface area contributed by atoms with Gasteiger partial charge in [-0.25, -0.2) is 4.79 Å². The quantitative estimate of drug-likeness (QED) is 0.511. The van der Waals surface area contributed by atoms with Gasteiger partial charge in [0.25, 0.3) is 0 Å². The number of carboxylic acid groups (broad SMARTS) is 1. The molecule has 0 saturated carbocycles. The molecule has 1 aromatic rings. The summed E-state index contributed by atoms with van der Waals surface area (Å²) in [6.45, 7) is 0. The Kier molecular flexibility index (Phi) is 7.89. The van der Waals surface area contributed by atoms with Gasteiger partial charge in [0.15, 0.2) is 15.8 Å². The summed E-state index contributed by atoms with van der Waals surface area (Å²) >= 11 is 14.4. The molecule has 0 saturated heterocycles. The molecule has 1 N–H and O–H groups in total. The number of alkyl halides is 3. The molecule has 0 unspecified atom stereocenters. The van der Waals surface area contributed by atoms with Crippen LogP contribution in [0.25, 0.3) is 0 Å². The van der Waals surface area contributed by atoms with E-state index in [0.717, 1.165) is 0 Å². The summed E-state index contributed by atoms with van der Waals surface area (Å²) in [7, 11) is 1.45. The van der Waals surface area contributed by atoms with E-state index in [2.05, 4.69) is 4.74 Å². The van der Waals surface area contributed by atoms with Gasteiger partial charge in [-0.3, -0.25) is 0 Å². The van der Waals surface area contributed by atoms with Crippen molar-refractivity contribution in [3.63, 3.8) is 0 Å². The molecule has 1 aromatic carbocycles. The van der Waals surface area contributed by atoms with Gasteiger partial charge in [0.05, 0.1) is 7.11 Å². The Morgan fingerprint density at radius 3 is 2.06 bits per heavy atom. The molecular weight excluding hydrogens is 278 g/mol. The molecule has 0 heterocycles. The number of hydrogen-bond acceptors (Lipinski definition) is 3. The van der Waals surface area contributed by atoms with Crippen molar-refractivity contribution in [1.82, 2.24) is 0 Å². The van der Waals surface area contributed by atoms with Crippen molar-refractivity contribution >= 4 is 41.0 Å². The van der Waals surface area contributed by atoms with Crippen molar-refractivity contribution in [2.45, 2.75) is 4.30 Å². The predicted molar refractivity (Wildman–Crippen MR) is 63.0 cm³/mol. The third kappa shape index (κ3) is 7.45. The lowest BCUT2D eigenvalue weighted by molar-refractivity contribution is 0.143. The van der Waals surface area contributed by atoms with Crippen LogP contribution in [0.5, 0.6) is 11.5 Å². The highest BCUT2D eigenvalue weighted by molar-refractivity contribution is 6.63. The Bertz CT molecular complexity index is 328. The first-order valence-electron chi connectivity index (χ1n) is 3.93. The molecule has 0 amide bonds. The SMILES string of the molecule is COc1ccccc1OC(=O)O.ClC(Cl)Cl. The molecule has 4 nitrogen and oxygen atoms in total. The molecule has 16 heavy (non-hydrogen) atoms. The van der Waals surface area contributed by atoms with Crippen molar-refractivity contribution in [3.05, 3.63) is 24.3 Å². The van der Waals surface area contributed by atoms with E-state index < -0.39 is 10.5 Å². The Morgan fingerprint density at radius 2 is 1.69 bits per heavy atom. The van der Waals surface area contributed by atoms with Gasteiger partial charge in [-0.05, 0) is 12.1 Å². The van der Waals surface area contributed by atoms with Crippen molar-refractivity contribution < 1.29 is 19.4 Å². The molecule has 0 aliphatic rings. The summed E-state index contributed by atoms with van der Waals surface area (Å²) in [6, 6.07) is 6.54. The van der Waals surface area contributed by atoms with Gasteiger partial charge in [-0.2, -0.15) is 0 Å². The topological polar surface area (TPSA) is 55.8 Å². The number of ether oxygens (including phenoxy) is 2. The van der Waals surface area contributed by atoms with E-state index >= 15 is 0 Å². The second-order valence-corrected chi connectivity index (χ2v) is 4.25. The number of halogens is 3. The standard InChI is InChI=1S/C8H8O4.CHCl3/c1-11-6-4-2-3-5-7(6)12-8(9)10;2-1(3)4/h2-5H,1H3,(H,9,10);1H. The van der Waals surface area contributed by atoms with Crippen LogP contribution in [0.15, 0.2) is 24.3 Å². The van der Waals surface area contributed by atoms with Gasteiger partial charge in [-0.1, -0.05) is 46.9 Å². The lowest BCUT2D eigenvalue weighted by atomic mass is 10.3. The maximum absolute atomic E-state index is 10.2. The maximum atomic E-state index is 10.2. The number of hydrogen-bond donors (Lipinski definition) is 1. The lowest BCUT2D eigenvalue weighted by Crippen LogP contribution is -2.03. The number of benzene rings is 1. The first-order chi connectivity index (χ1) is 7.47. The second-order valence-electron chi connectivity index (χ2n) is 2.27. The second kappa shape index (κ2) is 8.33. The Labute approximate surface area is 108 Å². The van der Waals surface area contributed by atoms with Crippen molar-refractivity contribution in [2.24, 2.45) is 0 Å². The summed E-state index contributed by atoms with van der Waals surface area (Å²) in [4.78, 5) is 10.2. The summed E-state index contributed by atoms with van der Waals surface area (Å²) < 4.78 is 8.54. The third-order valence-corrected chi connectivity index (χ3v) is 1.27. The zero-order chi connectivity index (χ0) is 12.6. The van der Waals surface area contributed by atoms with Gasteiger partial charge in [0.1, 0.15) is 0 Å². The van der Waals surface area contributed by atoms with Gasteiger partial charge >= 0.3 is 6.16 Å². The average Bonchev–Trinajstić information content (AvgIpc) is 2.17. The molecule has 90 valence electrons. The van der Waals surface area contributed by atoms with Crippen LogP contribution in [-0.4, -0.2) is 22.7 Å². The molecule has 7 heteroatoms. The smallest absolute Gasteiger partial charge is 0.493 e. The molecular formula is C9H9Cl3O4. The van der Waals surface area contributed by atoms with Gasteiger partial charge in [0.2, 0.25) is 0 Å². The highest BCUT2D eigenvalue weighted by Gasteiger charge is 2.05. The first-order valence-corrected chi connectivity index (χ1v) is 5.24. The number of methoxy groups -OCH3 is 1. The van der Waals surface area contributed by atoms with E-state index in [1.54, 1.807) is 18.2 Å². The molecule has 0 aromatic heterocycles. The zero-order valence-corrected chi connectivity index (χ0v) is 10.5. The number of rotatable bonds is 2. The van der Waals surface area contributed by atoms with Crippen molar-refractivity contribution in [1.29, 1.82) is 0 Å². The first kappa shape index (κ1) is 15.2. The number of para-hydroxylation sites is 2. The fraction of sp³-hybridized carbons (Fsp3) is 0.222.